The molecule has 2 N–H and O–H groups in total. The predicted molar refractivity (Wildman–Crippen MR) is 55.0 cm³/mol. The van der Waals surface area contributed by atoms with Crippen molar-refractivity contribution < 1.29 is 0 Å². The first-order chi connectivity index (χ1) is 7.15. The lowest BCUT2D eigenvalue weighted by atomic mass is 10.2. The van der Waals surface area contributed by atoms with E-state index in [1.165, 1.54) is 6.20 Å². The molecular weight excluding hydrogens is 192 g/mol. The molecule has 0 bridgehead atoms. The van der Waals surface area contributed by atoms with Crippen molar-refractivity contribution in [3.63, 3.8) is 0 Å². The van der Waals surface area contributed by atoms with Crippen LogP contribution in [0.2, 0.25) is 0 Å². The second kappa shape index (κ2) is 3.64. The number of aryl methyl sites for hydroxylation is 2. The molecule has 0 spiro atoms. The van der Waals surface area contributed by atoms with E-state index in [1.54, 1.807) is 4.80 Å². The molecule has 6 heteroatoms. The molecule has 0 radical (unpaired) electrons. The summed E-state index contributed by atoms with van der Waals surface area (Å²) < 4.78 is 0. The number of hydrogen-bond donors (Lipinski definition) is 1. The smallest absolute Gasteiger partial charge is 0.165 e. The van der Waals surface area contributed by atoms with E-state index in [1.807, 2.05) is 19.9 Å². The van der Waals surface area contributed by atoms with Gasteiger partial charge in [0.15, 0.2) is 5.82 Å². The summed E-state index contributed by atoms with van der Waals surface area (Å²) in [5.41, 5.74) is 8.30. The average molecular weight is 204 g/mol. The van der Waals surface area contributed by atoms with Gasteiger partial charge in [0.1, 0.15) is 0 Å². The highest BCUT2D eigenvalue weighted by molar-refractivity contribution is 5.22. The summed E-state index contributed by atoms with van der Waals surface area (Å²) in [6, 6.07) is 1.97. The van der Waals surface area contributed by atoms with Gasteiger partial charge >= 0.3 is 0 Å². The molecule has 0 fully saturated rings. The number of nitrogens with zero attached hydrogens (tertiary/aromatic N) is 5. The van der Waals surface area contributed by atoms with Crippen molar-refractivity contribution >= 4 is 5.82 Å². The molecule has 0 saturated heterocycles. The lowest BCUT2D eigenvalue weighted by Crippen LogP contribution is -2.07. The lowest BCUT2D eigenvalue weighted by molar-refractivity contribution is 0.587. The molecule has 2 aromatic rings. The quantitative estimate of drug-likeness (QED) is 0.761. The predicted octanol–water partition coefficient (Wildman–Crippen LogP) is 0.315. The molecule has 0 aromatic carbocycles. The Bertz CT molecular complexity index is 475. The summed E-state index contributed by atoms with van der Waals surface area (Å²) in [5.74, 6) is 0.423. The van der Waals surface area contributed by atoms with E-state index >= 15 is 0 Å². The molecule has 2 rings (SSSR count). The second-order valence-corrected chi connectivity index (χ2v) is 3.40. The van der Waals surface area contributed by atoms with E-state index < -0.39 is 0 Å². The fraction of sp³-hybridized carbons (Fsp3) is 0.333. The zero-order chi connectivity index (χ0) is 10.8. The van der Waals surface area contributed by atoms with Crippen LogP contribution in [0.4, 0.5) is 5.82 Å². The van der Waals surface area contributed by atoms with E-state index in [2.05, 4.69) is 20.4 Å². The maximum absolute atomic E-state index is 5.48. The third-order valence-corrected chi connectivity index (χ3v) is 2.07. The minimum Gasteiger partial charge on any atom is -0.381 e. The van der Waals surface area contributed by atoms with E-state index in [-0.39, 0.29) is 0 Å². The van der Waals surface area contributed by atoms with Gasteiger partial charge in [0.05, 0.1) is 24.1 Å². The fourth-order valence-electron chi connectivity index (χ4n) is 1.30. The van der Waals surface area contributed by atoms with Crippen molar-refractivity contribution in [1.29, 1.82) is 0 Å². The van der Waals surface area contributed by atoms with Crippen molar-refractivity contribution in [3.05, 3.63) is 29.2 Å². The lowest BCUT2D eigenvalue weighted by Gasteiger charge is -2.03. The summed E-state index contributed by atoms with van der Waals surface area (Å²) in [6.07, 6.45) is 1.52. The monoisotopic (exact) mass is 204 g/mol. The Balaban J connectivity index is 2.27. The van der Waals surface area contributed by atoms with Gasteiger partial charge < -0.3 is 5.73 Å². The maximum Gasteiger partial charge on any atom is 0.165 e. The molecular formula is C9H12N6. The van der Waals surface area contributed by atoms with Gasteiger partial charge in [0.2, 0.25) is 0 Å². The topological polar surface area (TPSA) is 82.5 Å². The summed E-state index contributed by atoms with van der Waals surface area (Å²) in [4.78, 5) is 1.54. The van der Waals surface area contributed by atoms with Gasteiger partial charge in [-0.25, -0.2) is 0 Å². The van der Waals surface area contributed by atoms with Crippen molar-refractivity contribution in [2.45, 2.75) is 20.4 Å². The molecule has 0 unspecified atom stereocenters. The number of nitrogen functional groups attached to an aromatic ring is 1. The zero-order valence-corrected chi connectivity index (χ0v) is 8.68. The molecule has 0 amide bonds. The van der Waals surface area contributed by atoms with Gasteiger partial charge in [-0.05, 0) is 19.9 Å². The van der Waals surface area contributed by atoms with Crippen LogP contribution in [0.3, 0.4) is 0 Å². The van der Waals surface area contributed by atoms with Gasteiger partial charge in [-0.15, -0.1) is 5.10 Å². The molecule has 0 aliphatic rings. The number of anilines is 1. The van der Waals surface area contributed by atoms with E-state index in [4.69, 9.17) is 5.73 Å². The molecule has 78 valence electrons. The fourth-order valence-corrected chi connectivity index (χ4v) is 1.30. The molecule has 15 heavy (non-hydrogen) atoms. The summed E-state index contributed by atoms with van der Waals surface area (Å²) in [6.45, 7) is 4.38. The molecule has 0 saturated carbocycles. The molecule has 2 aromatic heterocycles. The van der Waals surface area contributed by atoms with Crippen LogP contribution in [-0.4, -0.2) is 25.2 Å². The molecule has 0 atom stereocenters. The van der Waals surface area contributed by atoms with Crippen molar-refractivity contribution in [1.82, 2.24) is 25.2 Å². The first kappa shape index (κ1) is 9.57. The van der Waals surface area contributed by atoms with Crippen LogP contribution in [0.25, 0.3) is 0 Å². The molecule has 2 heterocycles. The Kier molecular flexibility index (Phi) is 2.32. The SMILES string of the molecule is Cc1cc(Cn2ncc(N)n2)c(C)nn1. The molecule has 6 nitrogen and oxygen atoms in total. The van der Waals surface area contributed by atoms with Crippen LogP contribution in [0, 0.1) is 13.8 Å². The number of rotatable bonds is 2. The van der Waals surface area contributed by atoms with Gasteiger partial charge in [-0.1, -0.05) is 0 Å². The molecule has 0 aliphatic carbocycles. The highest BCUT2D eigenvalue weighted by Gasteiger charge is 2.04. The third-order valence-electron chi connectivity index (χ3n) is 2.07. The number of hydrogen-bond acceptors (Lipinski definition) is 5. The van der Waals surface area contributed by atoms with Gasteiger partial charge in [-0.3, -0.25) is 0 Å². The van der Waals surface area contributed by atoms with Crippen LogP contribution < -0.4 is 5.73 Å². The Morgan fingerprint density at radius 3 is 2.80 bits per heavy atom. The Morgan fingerprint density at radius 1 is 1.33 bits per heavy atom. The van der Waals surface area contributed by atoms with Crippen LogP contribution >= 0.6 is 0 Å². The largest absolute Gasteiger partial charge is 0.381 e. The normalized spacial score (nSPS) is 10.5. The number of aromatic nitrogens is 5. The highest BCUT2D eigenvalue weighted by Crippen LogP contribution is 2.06. The average Bonchev–Trinajstić information content (AvgIpc) is 2.58. The standard InChI is InChI=1S/C9H12N6/c1-6-3-8(7(2)13-12-6)5-15-11-4-9(10)14-15/h3-4H,5H2,1-2H3,(H2,10,14). The highest BCUT2D eigenvalue weighted by atomic mass is 15.5. The van der Waals surface area contributed by atoms with E-state index in [0.717, 1.165) is 17.0 Å². The van der Waals surface area contributed by atoms with Gasteiger partial charge in [-0.2, -0.15) is 20.1 Å². The maximum atomic E-state index is 5.48. The van der Waals surface area contributed by atoms with Crippen molar-refractivity contribution in [3.8, 4) is 0 Å². The van der Waals surface area contributed by atoms with Crippen molar-refractivity contribution in [2.75, 3.05) is 5.73 Å². The van der Waals surface area contributed by atoms with Crippen LogP contribution in [0.15, 0.2) is 12.3 Å². The third kappa shape index (κ3) is 2.09. The van der Waals surface area contributed by atoms with Crippen LogP contribution in [0.5, 0.6) is 0 Å². The van der Waals surface area contributed by atoms with E-state index in [0.29, 0.717) is 12.4 Å². The Morgan fingerprint density at radius 2 is 2.13 bits per heavy atom. The van der Waals surface area contributed by atoms with Crippen LogP contribution in [0.1, 0.15) is 17.0 Å². The van der Waals surface area contributed by atoms with Crippen molar-refractivity contribution in [2.24, 2.45) is 0 Å². The summed E-state index contributed by atoms with van der Waals surface area (Å²) in [5, 5.41) is 16.0. The first-order valence-electron chi connectivity index (χ1n) is 4.60. The van der Waals surface area contributed by atoms with Gasteiger partial charge in [0.25, 0.3) is 0 Å². The summed E-state index contributed by atoms with van der Waals surface area (Å²) >= 11 is 0. The minimum absolute atomic E-state index is 0.423. The van der Waals surface area contributed by atoms with E-state index in [9.17, 15) is 0 Å². The van der Waals surface area contributed by atoms with Gasteiger partial charge in [0, 0.05) is 5.56 Å². The second-order valence-electron chi connectivity index (χ2n) is 3.40. The minimum atomic E-state index is 0.423. The Labute approximate surface area is 87.1 Å². The number of nitrogens with two attached hydrogens (primary N) is 1. The molecule has 0 aliphatic heterocycles. The Hall–Kier alpha value is -1.98. The summed E-state index contributed by atoms with van der Waals surface area (Å²) in [7, 11) is 0. The first-order valence-corrected chi connectivity index (χ1v) is 4.60. The zero-order valence-electron chi connectivity index (χ0n) is 8.68. The van der Waals surface area contributed by atoms with Crippen LogP contribution in [-0.2, 0) is 6.54 Å².